The molecular weight excluding hydrogens is 258 g/mol. The monoisotopic (exact) mass is 268 g/mol. The van der Waals surface area contributed by atoms with Crippen LogP contribution in [-0.2, 0) is 10.0 Å². The van der Waals surface area contributed by atoms with Crippen LogP contribution in [0.15, 0.2) is 11.0 Å². The van der Waals surface area contributed by atoms with Crippen LogP contribution >= 0.6 is 0 Å². The van der Waals surface area contributed by atoms with Gasteiger partial charge >= 0.3 is 0 Å². The number of pyridine rings is 1. The van der Waals surface area contributed by atoms with Crippen LogP contribution in [0.2, 0.25) is 0 Å². The van der Waals surface area contributed by atoms with Gasteiger partial charge in [-0.05, 0) is 0 Å². The lowest BCUT2D eigenvalue weighted by atomic mass is 10.3. The molecule has 0 radical (unpaired) electrons. The molecule has 0 aliphatic rings. The minimum absolute atomic E-state index is 0.338. The molecule has 1 aromatic heterocycles. The Kier molecular flexibility index (Phi) is 3.83. The van der Waals surface area contributed by atoms with Gasteiger partial charge in [0.05, 0.1) is 14.2 Å². The fourth-order valence-corrected chi connectivity index (χ4v) is 1.96. The Morgan fingerprint density at radius 1 is 1.35 bits per heavy atom. The van der Waals surface area contributed by atoms with Gasteiger partial charge in [-0.15, -0.1) is 0 Å². The quantitative estimate of drug-likeness (QED) is 0.867. The summed E-state index contributed by atoms with van der Waals surface area (Å²) in [6, 6.07) is 0.799. The van der Waals surface area contributed by atoms with Crippen molar-refractivity contribution in [2.24, 2.45) is 5.14 Å². The molecule has 0 atom stereocenters. The number of hydrogen-bond donors (Lipinski definition) is 1. The van der Waals surface area contributed by atoms with Crippen LogP contribution < -0.4 is 14.6 Å². The number of nitrogens with zero attached hydrogens (tertiary/aromatic N) is 1. The molecule has 0 spiro atoms. The van der Waals surface area contributed by atoms with Crippen molar-refractivity contribution < 1.29 is 26.7 Å². The van der Waals surface area contributed by atoms with E-state index in [1.807, 2.05) is 0 Å². The average Bonchev–Trinajstić information content (AvgIpc) is 2.25. The van der Waals surface area contributed by atoms with Crippen LogP contribution in [-0.4, -0.2) is 27.6 Å². The average molecular weight is 268 g/mol. The van der Waals surface area contributed by atoms with E-state index in [0.29, 0.717) is 0 Å². The van der Waals surface area contributed by atoms with Gasteiger partial charge in [-0.1, -0.05) is 0 Å². The smallest absolute Gasteiger partial charge is 0.280 e. The second kappa shape index (κ2) is 4.80. The highest BCUT2D eigenvalue weighted by molar-refractivity contribution is 7.89. The second-order valence-corrected chi connectivity index (χ2v) is 4.43. The Morgan fingerprint density at radius 3 is 2.29 bits per heavy atom. The van der Waals surface area contributed by atoms with E-state index in [9.17, 15) is 17.2 Å². The van der Waals surface area contributed by atoms with Crippen molar-refractivity contribution in [1.29, 1.82) is 0 Å². The van der Waals surface area contributed by atoms with E-state index in [4.69, 9.17) is 9.88 Å². The standard InChI is InChI=1S/C8H10F2N2O4S/c1-15-5-3-4(7(9)10)12-8(16-2)6(5)17(11,13)14/h3,7H,1-2H3,(H2,11,13,14). The van der Waals surface area contributed by atoms with Gasteiger partial charge in [-0.25, -0.2) is 27.3 Å². The lowest BCUT2D eigenvalue weighted by Gasteiger charge is -2.12. The highest BCUT2D eigenvalue weighted by Gasteiger charge is 2.26. The van der Waals surface area contributed by atoms with Gasteiger partial charge in [0.2, 0.25) is 15.9 Å². The van der Waals surface area contributed by atoms with E-state index in [1.54, 1.807) is 0 Å². The number of aromatic nitrogens is 1. The van der Waals surface area contributed by atoms with E-state index in [-0.39, 0.29) is 5.75 Å². The van der Waals surface area contributed by atoms with E-state index >= 15 is 0 Å². The van der Waals surface area contributed by atoms with Gasteiger partial charge in [0, 0.05) is 6.07 Å². The van der Waals surface area contributed by atoms with Gasteiger partial charge in [0.25, 0.3) is 6.43 Å². The fourth-order valence-electron chi connectivity index (χ4n) is 1.17. The van der Waals surface area contributed by atoms with Crippen molar-refractivity contribution >= 4 is 10.0 Å². The number of sulfonamides is 1. The number of ether oxygens (including phenoxy) is 2. The molecule has 0 unspecified atom stereocenters. The highest BCUT2D eigenvalue weighted by atomic mass is 32.2. The van der Waals surface area contributed by atoms with Crippen LogP contribution in [0.3, 0.4) is 0 Å². The highest BCUT2D eigenvalue weighted by Crippen LogP contribution is 2.33. The Morgan fingerprint density at radius 2 is 1.94 bits per heavy atom. The Balaban J connectivity index is 3.59. The maximum absolute atomic E-state index is 12.5. The Labute approximate surface area is 96.4 Å². The maximum Gasteiger partial charge on any atom is 0.280 e. The summed E-state index contributed by atoms with van der Waals surface area (Å²) in [6.45, 7) is 0. The molecule has 17 heavy (non-hydrogen) atoms. The molecule has 0 aliphatic heterocycles. The number of alkyl halides is 2. The SMILES string of the molecule is COc1cc(C(F)F)nc(OC)c1S(N)(=O)=O. The Hall–Kier alpha value is -1.48. The van der Waals surface area contributed by atoms with Gasteiger partial charge in [-0.3, -0.25) is 0 Å². The molecule has 0 saturated carbocycles. The summed E-state index contributed by atoms with van der Waals surface area (Å²) in [5, 5.41) is 4.92. The van der Waals surface area contributed by atoms with Gasteiger partial charge in [0.15, 0.2) is 4.90 Å². The number of primary sulfonamides is 1. The van der Waals surface area contributed by atoms with Gasteiger partial charge in [-0.2, -0.15) is 0 Å². The molecule has 2 N–H and O–H groups in total. The van der Waals surface area contributed by atoms with Gasteiger partial charge in [0.1, 0.15) is 11.4 Å². The van der Waals surface area contributed by atoms with E-state index in [2.05, 4.69) is 9.72 Å². The molecule has 1 heterocycles. The fraction of sp³-hybridized carbons (Fsp3) is 0.375. The molecule has 0 amide bonds. The third-order valence-corrected chi connectivity index (χ3v) is 2.79. The molecule has 9 heteroatoms. The van der Waals surface area contributed by atoms with E-state index < -0.39 is 32.9 Å². The van der Waals surface area contributed by atoms with Crippen molar-refractivity contribution in [1.82, 2.24) is 4.98 Å². The molecule has 1 rings (SSSR count). The number of halogens is 2. The molecule has 6 nitrogen and oxygen atoms in total. The van der Waals surface area contributed by atoms with Gasteiger partial charge < -0.3 is 9.47 Å². The molecule has 1 aromatic rings. The van der Waals surface area contributed by atoms with Crippen molar-refractivity contribution in [3.05, 3.63) is 11.8 Å². The number of rotatable bonds is 4. The number of methoxy groups -OCH3 is 2. The predicted molar refractivity (Wildman–Crippen MR) is 53.7 cm³/mol. The van der Waals surface area contributed by atoms with Crippen molar-refractivity contribution in [3.8, 4) is 11.6 Å². The molecule has 96 valence electrons. The zero-order chi connectivity index (χ0) is 13.2. The summed E-state index contributed by atoms with van der Waals surface area (Å²) in [4.78, 5) is 2.79. The molecule has 0 aliphatic carbocycles. The summed E-state index contributed by atoms with van der Waals surface area (Å²) in [6.07, 6.45) is -2.88. The molecule has 0 aromatic carbocycles. The largest absolute Gasteiger partial charge is 0.495 e. The summed E-state index contributed by atoms with van der Waals surface area (Å²) in [5.74, 6) is -0.864. The molecule has 0 saturated heterocycles. The zero-order valence-electron chi connectivity index (χ0n) is 8.98. The minimum Gasteiger partial charge on any atom is -0.495 e. The summed E-state index contributed by atoms with van der Waals surface area (Å²) < 4.78 is 56.8. The maximum atomic E-state index is 12.5. The normalized spacial score (nSPS) is 11.6. The van der Waals surface area contributed by atoms with Crippen molar-refractivity contribution in [2.75, 3.05) is 14.2 Å². The van der Waals surface area contributed by atoms with Crippen LogP contribution in [0, 0.1) is 0 Å². The zero-order valence-corrected chi connectivity index (χ0v) is 9.79. The van der Waals surface area contributed by atoms with Crippen LogP contribution in [0.25, 0.3) is 0 Å². The first-order chi connectivity index (χ1) is 7.81. The first-order valence-electron chi connectivity index (χ1n) is 4.25. The molecular formula is C8H10F2N2O4S. The van der Waals surface area contributed by atoms with E-state index in [1.165, 1.54) is 0 Å². The third-order valence-electron chi connectivity index (χ3n) is 1.85. The number of nitrogens with two attached hydrogens (primary N) is 1. The summed E-state index contributed by atoms with van der Waals surface area (Å²) in [5.41, 5.74) is -0.661. The predicted octanol–water partition coefficient (Wildman–Crippen LogP) is 0.684. The Bertz CT molecular complexity index is 493. The lowest BCUT2D eigenvalue weighted by molar-refractivity contribution is 0.144. The first kappa shape index (κ1) is 13.6. The lowest BCUT2D eigenvalue weighted by Crippen LogP contribution is -2.16. The third kappa shape index (κ3) is 2.80. The van der Waals surface area contributed by atoms with Crippen molar-refractivity contribution in [3.63, 3.8) is 0 Å². The van der Waals surface area contributed by atoms with Crippen molar-refractivity contribution in [2.45, 2.75) is 11.3 Å². The summed E-state index contributed by atoms with van der Waals surface area (Å²) >= 11 is 0. The van der Waals surface area contributed by atoms with Crippen LogP contribution in [0.4, 0.5) is 8.78 Å². The van der Waals surface area contributed by atoms with E-state index in [0.717, 1.165) is 20.3 Å². The molecule has 0 fully saturated rings. The van der Waals surface area contributed by atoms with Crippen LogP contribution in [0.5, 0.6) is 11.6 Å². The summed E-state index contributed by atoms with van der Waals surface area (Å²) in [7, 11) is -1.98. The van der Waals surface area contributed by atoms with Crippen LogP contribution in [0.1, 0.15) is 12.1 Å². The minimum atomic E-state index is -4.19. The number of hydrogen-bond acceptors (Lipinski definition) is 5. The topological polar surface area (TPSA) is 91.5 Å². The second-order valence-electron chi connectivity index (χ2n) is 2.93. The first-order valence-corrected chi connectivity index (χ1v) is 5.79. The molecule has 0 bridgehead atoms.